The number of nitrogens with zero attached hydrogens (tertiary/aromatic N) is 3. The van der Waals surface area contributed by atoms with Gasteiger partial charge in [-0.1, -0.05) is 26.7 Å². The third kappa shape index (κ3) is 5.78. The number of hydrogen-bond acceptors (Lipinski definition) is 8. The van der Waals surface area contributed by atoms with Crippen LogP contribution in [0.4, 0.5) is 0 Å². The first-order valence-corrected chi connectivity index (χ1v) is 10.8. The summed E-state index contributed by atoms with van der Waals surface area (Å²) in [4.78, 5) is 13.2. The van der Waals surface area contributed by atoms with Gasteiger partial charge in [0.1, 0.15) is 23.0 Å². The van der Waals surface area contributed by atoms with Crippen molar-refractivity contribution in [3.05, 3.63) is 36.4 Å². The molecule has 3 aromatic rings. The minimum absolute atomic E-state index is 0.0189. The SMILES string of the molecule is CCCCOc1ccc(-c2nc(OCCCC)nc(-c3ccc(OC)cc3O)n2)c(O)c1. The largest absolute Gasteiger partial charge is 0.507 e. The number of phenolic OH excluding ortho intramolecular Hbond substituents is 2. The molecule has 8 heteroatoms. The monoisotopic (exact) mass is 439 g/mol. The van der Waals surface area contributed by atoms with Crippen LogP contribution < -0.4 is 14.2 Å². The number of ether oxygens (including phenoxy) is 3. The summed E-state index contributed by atoms with van der Waals surface area (Å²) in [7, 11) is 1.52. The molecule has 1 aromatic heterocycles. The number of benzene rings is 2. The minimum Gasteiger partial charge on any atom is -0.507 e. The molecule has 170 valence electrons. The molecule has 0 atom stereocenters. The van der Waals surface area contributed by atoms with Crippen molar-refractivity contribution in [3.8, 4) is 51.8 Å². The van der Waals surface area contributed by atoms with Crippen LogP contribution in [0.2, 0.25) is 0 Å². The molecule has 0 amide bonds. The molecule has 0 saturated heterocycles. The van der Waals surface area contributed by atoms with Gasteiger partial charge in [-0.15, -0.1) is 0 Å². The molecule has 32 heavy (non-hydrogen) atoms. The fourth-order valence-electron chi connectivity index (χ4n) is 2.92. The van der Waals surface area contributed by atoms with Gasteiger partial charge in [0.05, 0.1) is 31.5 Å². The van der Waals surface area contributed by atoms with Gasteiger partial charge in [0, 0.05) is 12.1 Å². The van der Waals surface area contributed by atoms with Crippen molar-refractivity contribution >= 4 is 0 Å². The molecular formula is C24H29N3O5. The normalized spacial score (nSPS) is 10.7. The topological polar surface area (TPSA) is 107 Å². The molecule has 0 aliphatic carbocycles. The number of aromatic hydroxyl groups is 2. The summed E-state index contributed by atoms with van der Waals surface area (Å²) in [6, 6.07) is 9.96. The molecular weight excluding hydrogens is 410 g/mol. The van der Waals surface area contributed by atoms with E-state index < -0.39 is 0 Å². The van der Waals surface area contributed by atoms with Crippen LogP contribution in [0, 0.1) is 0 Å². The molecule has 0 radical (unpaired) electrons. The van der Waals surface area contributed by atoms with E-state index in [4.69, 9.17) is 14.2 Å². The van der Waals surface area contributed by atoms with Crippen molar-refractivity contribution in [2.75, 3.05) is 20.3 Å². The van der Waals surface area contributed by atoms with Crippen LogP contribution in [-0.2, 0) is 0 Å². The Hall–Kier alpha value is -3.55. The Morgan fingerprint density at radius 1 is 0.719 bits per heavy atom. The second-order valence-electron chi connectivity index (χ2n) is 7.23. The van der Waals surface area contributed by atoms with Gasteiger partial charge in [0.15, 0.2) is 11.6 Å². The lowest BCUT2D eigenvalue weighted by atomic mass is 10.1. The van der Waals surface area contributed by atoms with Crippen LogP contribution in [0.3, 0.4) is 0 Å². The minimum atomic E-state index is -0.0371. The fourth-order valence-corrected chi connectivity index (χ4v) is 2.92. The van der Waals surface area contributed by atoms with E-state index >= 15 is 0 Å². The lowest BCUT2D eigenvalue weighted by Crippen LogP contribution is -2.05. The highest BCUT2D eigenvalue weighted by Gasteiger charge is 2.17. The van der Waals surface area contributed by atoms with E-state index in [1.807, 2.05) is 0 Å². The maximum absolute atomic E-state index is 10.6. The first-order chi connectivity index (χ1) is 15.5. The predicted octanol–water partition coefficient (Wildman–Crippen LogP) is 4.98. The second-order valence-corrected chi connectivity index (χ2v) is 7.23. The number of unbranched alkanes of at least 4 members (excludes halogenated alkanes) is 2. The zero-order valence-corrected chi connectivity index (χ0v) is 18.7. The van der Waals surface area contributed by atoms with Crippen LogP contribution in [0.15, 0.2) is 36.4 Å². The molecule has 0 bridgehead atoms. The Balaban J connectivity index is 1.99. The first kappa shape index (κ1) is 23.1. The van der Waals surface area contributed by atoms with Gasteiger partial charge in [-0.25, -0.2) is 4.98 Å². The van der Waals surface area contributed by atoms with Gasteiger partial charge in [-0.05, 0) is 37.1 Å². The molecule has 2 aromatic carbocycles. The molecule has 0 aliphatic rings. The van der Waals surface area contributed by atoms with Gasteiger partial charge in [-0.2, -0.15) is 9.97 Å². The van der Waals surface area contributed by atoms with Crippen LogP contribution >= 0.6 is 0 Å². The highest BCUT2D eigenvalue weighted by molar-refractivity contribution is 5.70. The second kappa shape index (κ2) is 11.2. The van der Waals surface area contributed by atoms with Crippen LogP contribution in [0.25, 0.3) is 22.8 Å². The quantitative estimate of drug-likeness (QED) is 0.403. The Kier molecular flexibility index (Phi) is 8.08. The number of methoxy groups -OCH3 is 1. The van der Waals surface area contributed by atoms with Crippen LogP contribution in [0.5, 0.6) is 29.0 Å². The third-order valence-corrected chi connectivity index (χ3v) is 4.77. The van der Waals surface area contributed by atoms with E-state index in [0.29, 0.717) is 35.8 Å². The van der Waals surface area contributed by atoms with Crippen LogP contribution in [0.1, 0.15) is 39.5 Å². The maximum Gasteiger partial charge on any atom is 0.320 e. The van der Waals surface area contributed by atoms with E-state index in [2.05, 4.69) is 28.8 Å². The summed E-state index contributed by atoms with van der Waals surface area (Å²) in [5.41, 5.74) is 0.804. The molecule has 8 nitrogen and oxygen atoms in total. The molecule has 3 rings (SSSR count). The summed E-state index contributed by atoms with van der Waals surface area (Å²) in [5, 5.41) is 21.1. The van der Waals surface area contributed by atoms with Crippen molar-refractivity contribution in [1.82, 2.24) is 15.0 Å². The summed E-state index contributed by atoms with van der Waals surface area (Å²) in [5.74, 6) is 1.48. The lowest BCUT2D eigenvalue weighted by Gasteiger charge is -2.12. The standard InChI is InChI=1S/C24H29N3O5/c1-4-6-12-31-17-9-11-19(21(29)15-17)23-25-22(26-24(27-23)32-13-7-5-2)18-10-8-16(30-3)14-20(18)28/h8-11,14-15,28-29H,4-7,12-13H2,1-3H3. The van der Waals surface area contributed by atoms with Gasteiger partial charge in [0.2, 0.25) is 0 Å². The Bertz CT molecular complexity index is 1040. The summed E-state index contributed by atoms with van der Waals surface area (Å²) >= 11 is 0. The molecule has 0 aliphatic heterocycles. The van der Waals surface area contributed by atoms with Crippen molar-refractivity contribution < 1.29 is 24.4 Å². The molecule has 0 saturated carbocycles. The highest BCUT2D eigenvalue weighted by atomic mass is 16.5. The van der Waals surface area contributed by atoms with Crippen molar-refractivity contribution in [3.63, 3.8) is 0 Å². The smallest absolute Gasteiger partial charge is 0.320 e. The van der Waals surface area contributed by atoms with Gasteiger partial charge in [0.25, 0.3) is 0 Å². The van der Waals surface area contributed by atoms with Crippen molar-refractivity contribution in [2.45, 2.75) is 39.5 Å². The maximum atomic E-state index is 10.6. The molecule has 1 heterocycles. The van der Waals surface area contributed by atoms with Crippen molar-refractivity contribution in [1.29, 1.82) is 0 Å². The van der Waals surface area contributed by atoms with E-state index in [-0.39, 0.29) is 29.2 Å². The summed E-state index contributed by atoms with van der Waals surface area (Å²) in [6.07, 6.45) is 3.77. The van der Waals surface area contributed by atoms with E-state index in [1.165, 1.54) is 19.2 Å². The predicted molar refractivity (Wildman–Crippen MR) is 121 cm³/mol. The third-order valence-electron chi connectivity index (χ3n) is 4.77. The molecule has 0 fully saturated rings. The zero-order valence-electron chi connectivity index (χ0n) is 18.7. The average Bonchev–Trinajstić information content (AvgIpc) is 2.79. The molecule has 0 unspecified atom stereocenters. The first-order valence-electron chi connectivity index (χ1n) is 10.8. The Morgan fingerprint density at radius 2 is 1.25 bits per heavy atom. The Morgan fingerprint density at radius 3 is 1.78 bits per heavy atom. The van der Waals surface area contributed by atoms with E-state index in [9.17, 15) is 10.2 Å². The van der Waals surface area contributed by atoms with Gasteiger partial charge in [-0.3, -0.25) is 0 Å². The summed E-state index contributed by atoms with van der Waals surface area (Å²) < 4.78 is 16.5. The van der Waals surface area contributed by atoms with E-state index in [1.54, 1.807) is 24.3 Å². The van der Waals surface area contributed by atoms with Gasteiger partial charge < -0.3 is 24.4 Å². The van der Waals surface area contributed by atoms with Crippen molar-refractivity contribution in [2.24, 2.45) is 0 Å². The molecule has 0 spiro atoms. The lowest BCUT2D eigenvalue weighted by molar-refractivity contribution is 0.285. The Labute approximate surface area is 187 Å². The fraction of sp³-hybridized carbons (Fsp3) is 0.375. The highest BCUT2D eigenvalue weighted by Crippen LogP contribution is 2.35. The van der Waals surface area contributed by atoms with Gasteiger partial charge >= 0.3 is 6.01 Å². The van der Waals surface area contributed by atoms with E-state index in [0.717, 1.165) is 25.7 Å². The van der Waals surface area contributed by atoms with Crippen LogP contribution in [-0.4, -0.2) is 45.5 Å². The molecule has 2 N–H and O–H groups in total. The number of phenols is 2. The average molecular weight is 440 g/mol. The number of hydrogen-bond donors (Lipinski definition) is 2. The zero-order chi connectivity index (χ0) is 22.9. The summed E-state index contributed by atoms with van der Waals surface area (Å²) in [6.45, 7) is 5.18. The number of rotatable bonds is 11. The number of aromatic nitrogens is 3.